The molecule has 0 radical (unpaired) electrons. The van der Waals surface area contributed by atoms with Crippen LogP contribution in [0.25, 0.3) is 11.0 Å². The molecular weight excluding hydrogens is 298 g/mol. The van der Waals surface area contributed by atoms with E-state index in [4.69, 9.17) is 0 Å². The molecule has 4 heteroatoms. The van der Waals surface area contributed by atoms with Crippen molar-refractivity contribution >= 4 is 22.6 Å². The van der Waals surface area contributed by atoms with Gasteiger partial charge in [0.1, 0.15) is 0 Å². The molecule has 1 N–H and O–H groups in total. The van der Waals surface area contributed by atoms with Crippen molar-refractivity contribution in [1.29, 1.82) is 0 Å². The summed E-state index contributed by atoms with van der Waals surface area (Å²) in [5.41, 5.74) is 3.53. The number of hydrogen-bond acceptors (Lipinski definition) is 2. The van der Waals surface area contributed by atoms with Gasteiger partial charge >= 0.3 is 0 Å². The summed E-state index contributed by atoms with van der Waals surface area (Å²) in [6.45, 7) is 0. The molecule has 2 aromatic carbocycles. The summed E-state index contributed by atoms with van der Waals surface area (Å²) in [6.07, 6.45) is 8.36. The second kappa shape index (κ2) is 6.48. The van der Waals surface area contributed by atoms with E-state index in [1.54, 1.807) is 0 Å². The minimum absolute atomic E-state index is 0.0957. The molecule has 3 aromatic rings. The number of nitrogens with one attached hydrogen (secondary N) is 1. The summed E-state index contributed by atoms with van der Waals surface area (Å²) >= 11 is 0. The Bertz CT molecular complexity index is 848. The van der Waals surface area contributed by atoms with Crippen LogP contribution in [0.2, 0.25) is 0 Å². The molecule has 4 rings (SSSR count). The lowest BCUT2D eigenvalue weighted by atomic mass is 9.95. The third kappa shape index (κ3) is 2.92. The van der Waals surface area contributed by atoms with Crippen LogP contribution in [0.1, 0.15) is 48.5 Å². The lowest BCUT2D eigenvalue weighted by molar-refractivity contribution is 0.102. The summed E-state index contributed by atoms with van der Waals surface area (Å²) < 4.78 is 2.30. The second-order valence-corrected chi connectivity index (χ2v) is 6.47. The van der Waals surface area contributed by atoms with E-state index in [0.717, 1.165) is 16.7 Å². The minimum Gasteiger partial charge on any atom is -0.327 e. The van der Waals surface area contributed by atoms with Crippen molar-refractivity contribution in [2.75, 3.05) is 5.32 Å². The second-order valence-electron chi connectivity index (χ2n) is 6.47. The van der Waals surface area contributed by atoms with E-state index < -0.39 is 0 Å². The minimum atomic E-state index is -0.0957. The highest BCUT2D eigenvalue weighted by Gasteiger charge is 2.17. The van der Waals surface area contributed by atoms with E-state index >= 15 is 0 Å². The predicted octanol–water partition coefficient (Wildman–Crippen LogP) is 4.79. The summed E-state index contributed by atoms with van der Waals surface area (Å²) in [4.78, 5) is 16.8. The predicted molar refractivity (Wildman–Crippen MR) is 96.3 cm³/mol. The van der Waals surface area contributed by atoms with Gasteiger partial charge < -0.3 is 9.88 Å². The summed E-state index contributed by atoms with van der Waals surface area (Å²) in [5.74, 6) is -0.0957. The number of benzene rings is 2. The van der Waals surface area contributed by atoms with Crippen molar-refractivity contribution in [3.05, 3.63) is 60.4 Å². The zero-order chi connectivity index (χ0) is 16.4. The van der Waals surface area contributed by atoms with E-state index in [9.17, 15) is 4.79 Å². The zero-order valence-corrected chi connectivity index (χ0v) is 13.6. The first-order chi connectivity index (χ1) is 11.8. The molecule has 24 heavy (non-hydrogen) atoms. The van der Waals surface area contributed by atoms with Gasteiger partial charge in [0.05, 0.1) is 17.4 Å². The Balaban J connectivity index is 1.57. The normalized spacial score (nSPS) is 15.5. The number of rotatable bonds is 3. The molecule has 4 nitrogen and oxygen atoms in total. The number of anilines is 1. The summed E-state index contributed by atoms with van der Waals surface area (Å²) in [7, 11) is 0. The first-order valence-corrected chi connectivity index (χ1v) is 8.64. The van der Waals surface area contributed by atoms with Gasteiger partial charge in [-0.2, -0.15) is 0 Å². The average molecular weight is 319 g/mol. The third-order valence-electron chi connectivity index (χ3n) is 4.84. The van der Waals surface area contributed by atoms with Crippen LogP contribution in [0.15, 0.2) is 54.9 Å². The van der Waals surface area contributed by atoms with Gasteiger partial charge in [-0.3, -0.25) is 4.79 Å². The maximum atomic E-state index is 12.3. The Morgan fingerprint density at radius 3 is 2.62 bits per heavy atom. The van der Waals surface area contributed by atoms with Crippen LogP contribution in [0.3, 0.4) is 0 Å². The largest absolute Gasteiger partial charge is 0.327 e. The van der Waals surface area contributed by atoms with E-state index in [-0.39, 0.29) is 5.91 Å². The highest BCUT2D eigenvalue weighted by atomic mass is 16.1. The van der Waals surface area contributed by atoms with Crippen molar-refractivity contribution in [3.63, 3.8) is 0 Å². The molecule has 0 aliphatic heterocycles. The van der Waals surface area contributed by atoms with E-state index in [1.807, 2.05) is 48.8 Å². The lowest BCUT2D eigenvalue weighted by Gasteiger charge is -2.23. The Kier molecular flexibility index (Phi) is 4.03. The number of hydrogen-bond donors (Lipinski definition) is 1. The highest BCUT2D eigenvalue weighted by Crippen LogP contribution is 2.31. The molecular formula is C20H21N3O. The molecule has 1 heterocycles. The number of amides is 1. The van der Waals surface area contributed by atoms with Gasteiger partial charge in [-0.15, -0.1) is 0 Å². The molecule has 122 valence electrons. The first kappa shape index (κ1) is 14.9. The number of carbonyl (C=O) groups excluding carboxylic acids is 1. The van der Waals surface area contributed by atoms with Crippen LogP contribution in [0.5, 0.6) is 0 Å². The number of imidazole rings is 1. The average Bonchev–Trinajstić information content (AvgIpc) is 3.06. The summed E-state index contributed by atoms with van der Waals surface area (Å²) in [6, 6.07) is 15.8. The van der Waals surface area contributed by atoms with Gasteiger partial charge in [0.15, 0.2) is 0 Å². The molecule has 1 saturated carbocycles. The van der Waals surface area contributed by atoms with Gasteiger partial charge in [-0.1, -0.05) is 37.5 Å². The Morgan fingerprint density at radius 1 is 1.04 bits per heavy atom. The quantitative estimate of drug-likeness (QED) is 0.754. The Morgan fingerprint density at radius 2 is 1.83 bits per heavy atom. The first-order valence-electron chi connectivity index (χ1n) is 8.64. The molecule has 1 fully saturated rings. The fourth-order valence-corrected chi connectivity index (χ4v) is 3.55. The molecule has 1 aromatic heterocycles. The van der Waals surface area contributed by atoms with Crippen molar-refractivity contribution in [1.82, 2.24) is 9.55 Å². The van der Waals surface area contributed by atoms with Crippen LogP contribution < -0.4 is 5.32 Å². The van der Waals surface area contributed by atoms with Crippen LogP contribution in [0.4, 0.5) is 5.69 Å². The lowest BCUT2D eigenvalue weighted by Crippen LogP contribution is -2.12. The molecule has 0 bridgehead atoms. The van der Waals surface area contributed by atoms with E-state index in [2.05, 4.69) is 20.9 Å². The van der Waals surface area contributed by atoms with Crippen LogP contribution in [-0.4, -0.2) is 15.5 Å². The van der Waals surface area contributed by atoms with Gasteiger partial charge in [0.2, 0.25) is 0 Å². The molecule has 0 atom stereocenters. The van der Waals surface area contributed by atoms with Crippen molar-refractivity contribution in [2.45, 2.75) is 38.1 Å². The number of aromatic nitrogens is 2. The Labute approximate surface area is 141 Å². The maximum Gasteiger partial charge on any atom is 0.255 e. The van der Waals surface area contributed by atoms with Crippen molar-refractivity contribution in [3.8, 4) is 0 Å². The maximum absolute atomic E-state index is 12.3. The van der Waals surface area contributed by atoms with Gasteiger partial charge in [0, 0.05) is 17.3 Å². The fourth-order valence-electron chi connectivity index (χ4n) is 3.55. The van der Waals surface area contributed by atoms with E-state index in [0.29, 0.717) is 11.6 Å². The zero-order valence-electron chi connectivity index (χ0n) is 13.6. The number of carbonyl (C=O) groups is 1. The van der Waals surface area contributed by atoms with Gasteiger partial charge in [0.25, 0.3) is 5.91 Å². The monoisotopic (exact) mass is 319 g/mol. The van der Waals surface area contributed by atoms with Crippen LogP contribution in [-0.2, 0) is 0 Å². The molecule has 0 saturated heterocycles. The molecule has 0 spiro atoms. The van der Waals surface area contributed by atoms with Crippen LogP contribution >= 0.6 is 0 Å². The molecule has 0 unspecified atom stereocenters. The van der Waals surface area contributed by atoms with Crippen LogP contribution in [0, 0.1) is 0 Å². The number of nitrogens with zero attached hydrogens (tertiary/aromatic N) is 2. The number of fused-ring (bicyclic) bond motifs is 1. The van der Waals surface area contributed by atoms with E-state index in [1.165, 1.54) is 32.1 Å². The van der Waals surface area contributed by atoms with Crippen molar-refractivity contribution < 1.29 is 4.79 Å². The molecule has 1 amide bonds. The summed E-state index contributed by atoms with van der Waals surface area (Å²) in [5, 5.41) is 2.95. The SMILES string of the molecule is O=C(Nc1ccc2c(c1)ncn2C1CCCCC1)c1ccccc1. The third-order valence-corrected chi connectivity index (χ3v) is 4.84. The molecule has 1 aliphatic carbocycles. The smallest absolute Gasteiger partial charge is 0.255 e. The standard InChI is InChI=1S/C20H21N3O/c24-20(15-7-3-1-4-8-15)22-16-11-12-19-18(13-16)21-14-23(19)17-9-5-2-6-10-17/h1,3-4,7-8,11-14,17H,2,5-6,9-10H2,(H,22,24). The van der Waals surface area contributed by atoms with Gasteiger partial charge in [-0.05, 0) is 43.2 Å². The Hall–Kier alpha value is -2.62. The van der Waals surface area contributed by atoms with Gasteiger partial charge in [-0.25, -0.2) is 4.98 Å². The fraction of sp³-hybridized carbons (Fsp3) is 0.300. The topological polar surface area (TPSA) is 46.9 Å². The highest BCUT2D eigenvalue weighted by molar-refractivity contribution is 6.04. The van der Waals surface area contributed by atoms with Crippen molar-refractivity contribution in [2.24, 2.45) is 0 Å². The molecule has 1 aliphatic rings.